The standard InChI is InChI=1S/C18H20N6O2S/c1-12-4-6-15(10-13(12)2)26-17-7-5-14(11-19-17)20-16(25)8-9-27-18-21-22-23-24(18)3/h4-7,10-11H,8-9H2,1-3H3,(H,20,25). The fourth-order valence-corrected chi connectivity index (χ4v) is 3.00. The number of carbonyl (C=O) groups excluding carboxylic acids is 1. The van der Waals surface area contributed by atoms with Crippen molar-refractivity contribution in [2.24, 2.45) is 7.05 Å². The number of benzene rings is 1. The van der Waals surface area contributed by atoms with Gasteiger partial charge in [-0.15, -0.1) is 5.10 Å². The molecule has 0 bridgehead atoms. The van der Waals surface area contributed by atoms with Crippen LogP contribution in [0.5, 0.6) is 11.6 Å². The molecule has 8 nitrogen and oxygen atoms in total. The largest absolute Gasteiger partial charge is 0.439 e. The summed E-state index contributed by atoms with van der Waals surface area (Å²) in [7, 11) is 1.76. The van der Waals surface area contributed by atoms with Gasteiger partial charge in [-0.2, -0.15) is 0 Å². The van der Waals surface area contributed by atoms with E-state index in [4.69, 9.17) is 4.74 Å². The molecule has 9 heteroatoms. The van der Waals surface area contributed by atoms with Crippen LogP contribution < -0.4 is 10.1 Å². The first-order valence-electron chi connectivity index (χ1n) is 8.37. The van der Waals surface area contributed by atoms with Gasteiger partial charge in [-0.05, 0) is 53.6 Å². The lowest BCUT2D eigenvalue weighted by molar-refractivity contribution is -0.115. The van der Waals surface area contributed by atoms with Crippen LogP contribution in [0.2, 0.25) is 0 Å². The average Bonchev–Trinajstić information content (AvgIpc) is 3.05. The van der Waals surface area contributed by atoms with Gasteiger partial charge in [-0.3, -0.25) is 4.79 Å². The summed E-state index contributed by atoms with van der Waals surface area (Å²) in [6.07, 6.45) is 1.92. The number of thioether (sulfide) groups is 1. The van der Waals surface area contributed by atoms with Crippen molar-refractivity contribution in [3.63, 3.8) is 0 Å². The van der Waals surface area contributed by atoms with Gasteiger partial charge in [0.05, 0.1) is 11.9 Å². The summed E-state index contributed by atoms with van der Waals surface area (Å²) < 4.78 is 7.31. The molecule has 1 amide bonds. The van der Waals surface area contributed by atoms with Crippen LogP contribution >= 0.6 is 11.8 Å². The van der Waals surface area contributed by atoms with E-state index in [0.29, 0.717) is 28.9 Å². The Labute approximate surface area is 161 Å². The molecular weight excluding hydrogens is 364 g/mol. The Morgan fingerprint density at radius 1 is 1.22 bits per heavy atom. The lowest BCUT2D eigenvalue weighted by atomic mass is 10.1. The molecule has 0 aliphatic rings. The van der Waals surface area contributed by atoms with Gasteiger partial charge < -0.3 is 10.1 Å². The van der Waals surface area contributed by atoms with E-state index in [0.717, 1.165) is 11.3 Å². The molecule has 2 aromatic heterocycles. The van der Waals surface area contributed by atoms with E-state index in [9.17, 15) is 4.79 Å². The number of aryl methyl sites for hydroxylation is 3. The predicted molar refractivity (Wildman–Crippen MR) is 103 cm³/mol. The first kappa shape index (κ1) is 18.8. The van der Waals surface area contributed by atoms with Crippen LogP contribution in [0.25, 0.3) is 0 Å². The number of hydrogen-bond donors (Lipinski definition) is 1. The van der Waals surface area contributed by atoms with Crippen LogP contribution in [0.1, 0.15) is 17.5 Å². The van der Waals surface area contributed by atoms with Crippen molar-refractivity contribution >= 4 is 23.4 Å². The van der Waals surface area contributed by atoms with Crippen LogP contribution in [0.4, 0.5) is 5.69 Å². The van der Waals surface area contributed by atoms with E-state index >= 15 is 0 Å². The minimum Gasteiger partial charge on any atom is -0.439 e. The number of nitrogens with zero attached hydrogens (tertiary/aromatic N) is 5. The fourth-order valence-electron chi connectivity index (χ4n) is 2.21. The minimum absolute atomic E-state index is 0.0951. The van der Waals surface area contributed by atoms with Gasteiger partial charge >= 0.3 is 0 Å². The summed E-state index contributed by atoms with van der Waals surface area (Å²) in [6.45, 7) is 4.09. The van der Waals surface area contributed by atoms with Crippen LogP contribution in [-0.2, 0) is 11.8 Å². The van der Waals surface area contributed by atoms with Crippen LogP contribution in [0.15, 0.2) is 41.7 Å². The number of tetrazole rings is 1. The maximum Gasteiger partial charge on any atom is 0.225 e. The van der Waals surface area contributed by atoms with E-state index in [2.05, 4.69) is 32.7 Å². The second-order valence-electron chi connectivity index (χ2n) is 5.96. The Hall–Kier alpha value is -2.94. The van der Waals surface area contributed by atoms with Gasteiger partial charge in [-0.1, -0.05) is 17.8 Å². The monoisotopic (exact) mass is 384 g/mol. The highest BCUT2D eigenvalue weighted by Crippen LogP contribution is 2.23. The van der Waals surface area contributed by atoms with Gasteiger partial charge in [0.25, 0.3) is 0 Å². The average molecular weight is 384 g/mol. The molecule has 0 saturated carbocycles. The van der Waals surface area contributed by atoms with Crippen molar-refractivity contribution < 1.29 is 9.53 Å². The molecular formula is C18H20N6O2S. The summed E-state index contributed by atoms with van der Waals surface area (Å²) >= 11 is 1.43. The predicted octanol–water partition coefficient (Wildman–Crippen LogP) is 3.14. The van der Waals surface area contributed by atoms with E-state index in [1.165, 1.54) is 17.3 Å². The van der Waals surface area contributed by atoms with Crippen molar-refractivity contribution in [1.82, 2.24) is 25.2 Å². The molecule has 27 heavy (non-hydrogen) atoms. The number of anilines is 1. The molecule has 3 aromatic rings. The lowest BCUT2D eigenvalue weighted by Gasteiger charge is -2.08. The van der Waals surface area contributed by atoms with Crippen LogP contribution in [0, 0.1) is 13.8 Å². The highest BCUT2D eigenvalue weighted by molar-refractivity contribution is 7.99. The number of amides is 1. The quantitative estimate of drug-likeness (QED) is 0.625. The smallest absolute Gasteiger partial charge is 0.225 e. The Morgan fingerprint density at radius 3 is 2.74 bits per heavy atom. The summed E-state index contributed by atoms with van der Waals surface area (Å²) in [4.78, 5) is 16.3. The second-order valence-corrected chi connectivity index (χ2v) is 7.03. The number of rotatable bonds is 7. The summed E-state index contributed by atoms with van der Waals surface area (Å²) in [5.41, 5.74) is 2.99. The van der Waals surface area contributed by atoms with Crippen molar-refractivity contribution in [3.05, 3.63) is 47.7 Å². The van der Waals surface area contributed by atoms with Gasteiger partial charge in [0.2, 0.25) is 16.9 Å². The molecule has 3 rings (SSSR count). The number of hydrogen-bond acceptors (Lipinski definition) is 7. The first-order valence-corrected chi connectivity index (χ1v) is 9.36. The van der Waals surface area contributed by atoms with Gasteiger partial charge in [0.15, 0.2) is 0 Å². The van der Waals surface area contributed by atoms with Gasteiger partial charge in [0.1, 0.15) is 5.75 Å². The topological polar surface area (TPSA) is 94.8 Å². The van der Waals surface area contributed by atoms with Gasteiger partial charge in [0, 0.05) is 25.3 Å². The lowest BCUT2D eigenvalue weighted by Crippen LogP contribution is -2.12. The molecule has 0 fully saturated rings. The summed E-state index contributed by atoms with van der Waals surface area (Å²) in [6, 6.07) is 9.38. The molecule has 0 unspecified atom stereocenters. The van der Waals surface area contributed by atoms with E-state index in [1.807, 2.05) is 25.1 Å². The number of nitrogens with one attached hydrogen (secondary N) is 1. The maximum atomic E-state index is 12.0. The molecule has 0 spiro atoms. The molecule has 0 aliphatic carbocycles. The highest BCUT2D eigenvalue weighted by Gasteiger charge is 2.07. The third kappa shape index (κ3) is 5.27. The first-order chi connectivity index (χ1) is 13.0. The zero-order chi connectivity index (χ0) is 19.2. The second kappa shape index (κ2) is 8.63. The molecule has 0 radical (unpaired) electrons. The Morgan fingerprint density at radius 2 is 2.07 bits per heavy atom. The SMILES string of the molecule is Cc1ccc(Oc2ccc(NC(=O)CCSc3nnnn3C)cn2)cc1C. The van der Waals surface area contributed by atoms with E-state index in [-0.39, 0.29) is 5.91 Å². The molecule has 2 heterocycles. The van der Waals surface area contributed by atoms with Crippen molar-refractivity contribution in [2.45, 2.75) is 25.4 Å². The zero-order valence-corrected chi connectivity index (χ0v) is 16.2. The fraction of sp³-hybridized carbons (Fsp3) is 0.278. The molecule has 0 aliphatic heterocycles. The van der Waals surface area contributed by atoms with Crippen LogP contribution in [0.3, 0.4) is 0 Å². The molecule has 1 N–H and O–H groups in total. The van der Waals surface area contributed by atoms with Crippen molar-refractivity contribution in [1.29, 1.82) is 0 Å². The molecule has 140 valence electrons. The third-order valence-electron chi connectivity index (χ3n) is 3.86. The van der Waals surface area contributed by atoms with Crippen LogP contribution in [-0.4, -0.2) is 36.9 Å². The number of ether oxygens (including phenoxy) is 1. The van der Waals surface area contributed by atoms with Gasteiger partial charge in [-0.25, -0.2) is 9.67 Å². The Bertz CT molecular complexity index is 926. The molecule has 0 atom stereocenters. The Kier molecular flexibility index (Phi) is 6.02. The van der Waals surface area contributed by atoms with E-state index in [1.54, 1.807) is 30.1 Å². The third-order valence-corrected chi connectivity index (χ3v) is 4.87. The Balaban J connectivity index is 1.48. The number of pyridine rings is 1. The zero-order valence-electron chi connectivity index (χ0n) is 15.3. The maximum absolute atomic E-state index is 12.0. The number of aromatic nitrogens is 5. The summed E-state index contributed by atoms with van der Waals surface area (Å²) in [5.74, 6) is 1.70. The molecule has 0 saturated heterocycles. The van der Waals surface area contributed by atoms with E-state index < -0.39 is 0 Å². The minimum atomic E-state index is -0.0951. The number of carbonyl (C=O) groups is 1. The highest BCUT2D eigenvalue weighted by atomic mass is 32.2. The summed E-state index contributed by atoms with van der Waals surface area (Å²) in [5, 5.41) is 14.7. The van der Waals surface area contributed by atoms with Crippen molar-refractivity contribution in [2.75, 3.05) is 11.1 Å². The normalized spacial score (nSPS) is 10.6. The molecule has 1 aromatic carbocycles. The van der Waals surface area contributed by atoms with Crippen molar-refractivity contribution in [3.8, 4) is 11.6 Å².